The minimum absolute atomic E-state index is 0.425. The number of nitrogens with zero attached hydrogens (tertiary/aromatic N) is 1. The number of ether oxygens (including phenoxy) is 1. The fourth-order valence-corrected chi connectivity index (χ4v) is 2.23. The van der Waals surface area contributed by atoms with Crippen molar-refractivity contribution in [2.24, 2.45) is 5.92 Å². The Hall–Kier alpha value is -1.13. The van der Waals surface area contributed by atoms with E-state index in [1.54, 1.807) is 6.20 Å². The van der Waals surface area contributed by atoms with Crippen LogP contribution in [0.15, 0.2) is 18.3 Å². The van der Waals surface area contributed by atoms with Crippen molar-refractivity contribution in [3.05, 3.63) is 23.9 Å². The van der Waals surface area contributed by atoms with Gasteiger partial charge in [0.25, 0.3) is 0 Å². The lowest BCUT2D eigenvalue weighted by Crippen LogP contribution is -2.36. The molecule has 2 unspecified atom stereocenters. The molecule has 0 saturated carbocycles. The first-order chi connectivity index (χ1) is 7.81. The Bertz CT molecular complexity index is 337. The quantitative estimate of drug-likeness (QED) is 0.790. The topological polar surface area (TPSA) is 60.2 Å². The largest absolute Gasteiger partial charge is 0.383 e. The molecular formula is C12H19N3O. The molecule has 0 amide bonds. The number of nitrogens with one attached hydrogen (secondary N) is 1. The molecule has 0 aliphatic carbocycles. The van der Waals surface area contributed by atoms with Gasteiger partial charge in [-0.25, -0.2) is 4.98 Å². The standard InChI is InChI=1S/C12H19N3O/c1-14-11(10-4-6-16-8-10)7-9-3-2-5-15-12(9)13/h2-3,5,10-11,14H,4,6-8H2,1H3,(H2,13,15). The number of aromatic nitrogens is 1. The summed E-state index contributed by atoms with van der Waals surface area (Å²) in [5.74, 6) is 1.23. The van der Waals surface area contributed by atoms with Gasteiger partial charge in [-0.15, -0.1) is 0 Å². The Morgan fingerprint density at radius 2 is 2.56 bits per heavy atom. The van der Waals surface area contributed by atoms with E-state index in [0.29, 0.717) is 17.8 Å². The van der Waals surface area contributed by atoms with Gasteiger partial charge in [0.2, 0.25) is 0 Å². The maximum atomic E-state index is 5.85. The zero-order chi connectivity index (χ0) is 11.4. The third-order valence-electron chi connectivity index (χ3n) is 3.27. The molecule has 0 bridgehead atoms. The minimum atomic E-state index is 0.425. The predicted octanol–water partition coefficient (Wildman–Crippen LogP) is 0.831. The van der Waals surface area contributed by atoms with Crippen molar-refractivity contribution in [3.63, 3.8) is 0 Å². The molecule has 1 aromatic rings. The van der Waals surface area contributed by atoms with Crippen molar-refractivity contribution < 1.29 is 4.74 Å². The van der Waals surface area contributed by atoms with Crippen LogP contribution in [0.5, 0.6) is 0 Å². The van der Waals surface area contributed by atoms with Crippen LogP contribution < -0.4 is 11.1 Å². The molecule has 1 aromatic heterocycles. The summed E-state index contributed by atoms with van der Waals surface area (Å²) in [7, 11) is 2.00. The fraction of sp³-hybridized carbons (Fsp3) is 0.583. The predicted molar refractivity (Wildman–Crippen MR) is 64.1 cm³/mol. The van der Waals surface area contributed by atoms with Crippen LogP contribution in [-0.4, -0.2) is 31.3 Å². The Morgan fingerprint density at radius 3 is 3.19 bits per heavy atom. The molecule has 2 atom stereocenters. The summed E-state index contributed by atoms with van der Waals surface area (Å²) < 4.78 is 5.42. The smallest absolute Gasteiger partial charge is 0.126 e. The number of nitrogen functional groups attached to an aromatic ring is 1. The van der Waals surface area contributed by atoms with Crippen molar-refractivity contribution in [1.29, 1.82) is 0 Å². The third kappa shape index (κ3) is 2.51. The number of hydrogen-bond acceptors (Lipinski definition) is 4. The van der Waals surface area contributed by atoms with Crippen LogP contribution in [0.1, 0.15) is 12.0 Å². The molecule has 1 aliphatic rings. The van der Waals surface area contributed by atoms with Gasteiger partial charge < -0.3 is 15.8 Å². The average molecular weight is 221 g/mol. The molecule has 2 rings (SSSR count). The summed E-state index contributed by atoms with van der Waals surface area (Å²) in [6.07, 6.45) is 3.78. The Balaban J connectivity index is 2.03. The van der Waals surface area contributed by atoms with Crippen molar-refractivity contribution in [2.45, 2.75) is 18.9 Å². The highest BCUT2D eigenvalue weighted by Crippen LogP contribution is 2.21. The van der Waals surface area contributed by atoms with Crippen LogP contribution in [-0.2, 0) is 11.2 Å². The molecule has 0 spiro atoms. The van der Waals surface area contributed by atoms with E-state index < -0.39 is 0 Å². The number of pyridine rings is 1. The van der Waals surface area contributed by atoms with E-state index in [2.05, 4.69) is 10.3 Å². The zero-order valence-electron chi connectivity index (χ0n) is 9.65. The van der Waals surface area contributed by atoms with Crippen LogP contribution in [0.4, 0.5) is 5.82 Å². The molecule has 3 N–H and O–H groups in total. The monoisotopic (exact) mass is 221 g/mol. The molecule has 0 radical (unpaired) electrons. The fourth-order valence-electron chi connectivity index (χ4n) is 2.23. The van der Waals surface area contributed by atoms with Gasteiger partial charge in [-0.2, -0.15) is 0 Å². The summed E-state index contributed by atoms with van der Waals surface area (Å²) >= 11 is 0. The van der Waals surface area contributed by atoms with Gasteiger partial charge in [-0.3, -0.25) is 0 Å². The lowest BCUT2D eigenvalue weighted by Gasteiger charge is -2.22. The second-order valence-electron chi connectivity index (χ2n) is 4.27. The highest BCUT2D eigenvalue weighted by molar-refractivity contribution is 5.38. The Morgan fingerprint density at radius 1 is 1.69 bits per heavy atom. The van der Waals surface area contributed by atoms with Gasteiger partial charge >= 0.3 is 0 Å². The van der Waals surface area contributed by atoms with E-state index in [4.69, 9.17) is 10.5 Å². The Labute approximate surface area is 96.2 Å². The molecule has 1 aliphatic heterocycles. The zero-order valence-corrected chi connectivity index (χ0v) is 9.65. The summed E-state index contributed by atoms with van der Waals surface area (Å²) in [6.45, 7) is 1.73. The molecule has 4 nitrogen and oxygen atoms in total. The third-order valence-corrected chi connectivity index (χ3v) is 3.27. The molecule has 1 fully saturated rings. The first-order valence-electron chi connectivity index (χ1n) is 5.75. The van der Waals surface area contributed by atoms with E-state index in [1.807, 2.05) is 19.2 Å². The highest BCUT2D eigenvalue weighted by Gasteiger charge is 2.25. The van der Waals surface area contributed by atoms with Gasteiger partial charge in [0.1, 0.15) is 5.82 Å². The molecule has 2 heterocycles. The highest BCUT2D eigenvalue weighted by atomic mass is 16.5. The summed E-state index contributed by atoms with van der Waals surface area (Å²) in [4.78, 5) is 4.11. The normalized spacial score (nSPS) is 22.2. The maximum absolute atomic E-state index is 5.85. The summed E-state index contributed by atoms with van der Waals surface area (Å²) in [5, 5.41) is 3.36. The number of hydrogen-bond donors (Lipinski definition) is 2. The van der Waals surface area contributed by atoms with E-state index in [9.17, 15) is 0 Å². The maximum Gasteiger partial charge on any atom is 0.126 e. The Kier molecular flexibility index (Phi) is 3.74. The van der Waals surface area contributed by atoms with E-state index in [-0.39, 0.29) is 0 Å². The average Bonchev–Trinajstić information content (AvgIpc) is 2.81. The number of anilines is 1. The van der Waals surface area contributed by atoms with Crippen LogP contribution in [0.2, 0.25) is 0 Å². The number of nitrogens with two attached hydrogens (primary N) is 1. The minimum Gasteiger partial charge on any atom is -0.383 e. The summed E-state index contributed by atoms with van der Waals surface area (Å²) in [5.41, 5.74) is 6.97. The van der Waals surface area contributed by atoms with E-state index >= 15 is 0 Å². The SMILES string of the molecule is CNC(Cc1cccnc1N)C1CCOC1. The van der Waals surface area contributed by atoms with Gasteiger partial charge in [-0.05, 0) is 31.5 Å². The summed E-state index contributed by atoms with van der Waals surface area (Å²) in [6, 6.07) is 4.40. The van der Waals surface area contributed by atoms with Gasteiger partial charge in [0, 0.05) is 24.8 Å². The first-order valence-corrected chi connectivity index (χ1v) is 5.75. The lowest BCUT2D eigenvalue weighted by atomic mass is 9.93. The second kappa shape index (κ2) is 5.27. The van der Waals surface area contributed by atoms with Gasteiger partial charge in [0.15, 0.2) is 0 Å². The van der Waals surface area contributed by atoms with Crippen LogP contribution in [0.3, 0.4) is 0 Å². The molecular weight excluding hydrogens is 202 g/mol. The molecule has 1 saturated heterocycles. The molecule has 4 heteroatoms. The van der Waals surface area contributed by atoms with Gasteiger partial charge in [-0.1, -0.05) is 6.07 Å². The van der Waals surface area contributed by atoms with E-state index in [0.717, 1.165) is 31.6 Å². The lowest BCUT2D eigenvalue weighted by molar-refractivity contribution is 0.177. The first kappa shape index (κ1) is 11.4. The van der Waals surface area contributed by atoms with Gasteiger partial charge in [0.05, 0.1) is 6.61 Å². The van der Waals surface area contributed by atoms with Crippen molar-refractivity contribution in [1.82, 2.24) is 10.3 Å². The van der Waals surface area contributed by atoms with Crippen LogP contribution >= 0.6 is 0 Å². The van der Waals surface area contributed by atoms with Crippen molar-refractivity contribution in [3.8, 4) is 0 Å². The van der Waals surface area contributed by atoms with Crippen LogP contribution in [0, 0.1) is 5.92 Å². The molecule has 0 aromatic carbocycles. The number of likely N-dealkylation sites (N-methyl/N-ethyl adjacent to an activating group) is 1. The van der Waals surface area contributed by atoms with Crippen molar-refractivity contribution in [2.75, 3.05) is 26.0 Å². The van der Waals surface area contributed by atoms with E-state index in [1.165, 1.54) is 0 Å². The second-order valence-corrected chi connectivity index (χ2v) is 4.27. The molecule has 16 heavy (non-hydrogen) atoms. The van der Waals surface area contributed by atoms with Crippen LogP contribution in [0.25, 0.3) is 0 Å². The molecule has 88 valence electrons. The van der Waals surface area contributed by atoms with Crippen molar-refractivity contribution >= 4 is 5.82 Å². The number of rotatable bonds is 4.